The van der Waals surface area contributed by atoms with Crippen LogP contribution in [0.25, 0.3) is 0 Å². The summed E-state index contributed by atoms with van der Waals surface area (Å²) in [7, 11) is 0. The van der Waals surface area contributed by atoms with Gasteiger partial charge in [0, 0.05) is 12.6 Å². The molecule has 0 atom stereocenters. The molecule has 0 unspecified atom stereocenters. The van der Waals surface area contributed by atoms with E-state index >= 15 is 0 Å². The van der Waals surface area contributed by atoms with E-state index in [2.05, 4.69) is 17.3 Å². The maximum Gasteiger partial charge on any atom is 0.291 e. The predicted octanol–water partition coefficient (Wildman–Crippen LogP) is 2.52. The first-order chi connectivity index (χ1) is 8.63. The zero-order valence-corrected chi connectivity index (χ0v) is 11.3. The monoisotopic (exact) mass is 267 g/mol. The summed E-state index contributed by atoms with van der Waals surface area (Å²) in [4.78, 5) is 12.3. The fourth-order valence-electron chi connectivity index (χ4n) is 2.50. The van der Waals surface area contributed by atoms with Crippen molar-refractivity contribution in [2.45, 2.75) is 45.2 Å². The Morgan fingerprint density at radius 1 is 1.50 bits per heavy atom. The Balaban J connectivity index is 1.80. The third kappa shape index (κ3) is 2.39. The van der Waals surface area contributed by atoms with E-state index in [1.807, 2.05) is 0 Å². The molecule has 4 nitrogen and oxygen atoms in total. The van der Waals surface area contributed by atoms with E-state index in [4.69, 9.17) is 11.6 Å². The summed E-state index contributed by atoms with van der Waals surface area (Å²) in [5, 5.41) is 7.83. The molecule has 0 spiro atoms. The molecule has 1 heterocycles. The first kappa shape index (κ1) is 12.0. The SMILES string of the molecule is CC1CC(Nc2c(Cl)cnn(CC3CC3)c2=O)C1. The number of rotatable bonds is 4. The molecule has 1 aromatic rings. The van der Waals surface area contributed by atoms with Crippen LogP contribution in [0.2, 0.25) is 5.02 Å². The quantitative estimate of drug-likeness (QED) is 0.912. The summed E-state index contributed by atoms with van der Waals surface area (Å²) < 4.78 is 1.55. The van der Waals surface area contributed by atoms with Crippen LogP contribution in [0.15, 0.2) is 11.0 Å². The number of nitrogens with zero attached hydrogens (tertiary/aromatic N) is 2. The second kappa shape index (κ2) is 4.57. The summed E-state index contributed by atoms with van der Waals surface area (Å²) in [5.41, 5.74) is 0.457. The normalized spacial score (nSPS) is 26.8. The summed E-state index contributed by atoms with van der Waals surface area (Å²) in [6.45, 7) is 2.95. The summed E-state index contributed by atoms with van der Waals surface area (Å²) in [6, 6.07) is 0.391. The van der Waals surface area contributed by atoms with Crippen molar-refractivity contribution in [2.75, 3.05) is 5.32 Å². The van der Waals surface area contributed by atoms with Crippen LogP contribution in [-0.4, -0.2) is 15.8 Å². The van der Waals surface area contributed by atoms with Gasteiger partial charge in [0.25, 0.3) is 5.56 Å². The Kier molecular flexibility index (Phi) is 3.06. The smallest absolute Gasteiger partial charge is 0.291 e. The Labute approximate surface area is 111 Å². The topological polar surface area (TPSA) is 46.9 Å². The molecule has 5 heteroatoms. The Morgan fingerprint density at radius 3 is 2.83 bits per heavy atom. The van der Waals surface area contributed by atoms with Crippen molar-refractivity contribution in [3.63, 3.8) is 0 Å². The van der Waals surface area contributed by atoms with Gasteiger partial charge in [-0.3, -0.25) is 4.79 Å². The van der Waals surface area contributed by atoms with E-state index in [9.17, 15) is 4.79 Å². The Bertz CT molecular complexity index is 503. The molecule has 1 N–H and O–H groups in total. The van der Waals surface area contributed by atoms with Crippen molar-refractivity contribution < 1.29 is 0 Å². The number of aromatic nitrogens is 2. The number of hydrogen-bond donors (Lipinski definition) is 1. The highest BCUT2D eigenvalue weighted by molar-refractivity contribution is 6.33. The van der Waals surface area contributed by atoms with Gasteiger partial charge in [0.1, 0.15) is 5.69 Å². The molecule has 18 heavy (non-hydrogen) atoms. The van der Waals surface area contributed by atoms with E-state index in [0.717, 1.165) is 25.3 Å². The second-order valence-electron chi connectivity index (χ2n) is 5.72. The molecular weight excluding hydrogens is 250 g/mol. The van der Waals surface area contributed by atoms with E-state index in [1.165, 1.54) is 12.8 Å². The molecule has 0 amide bonds. The van der Waals surface area contributed by atoms with Gasteiger partial charge in [-0.25, -0.2) is 4.68 Å². The fraction of sp³-hybridized carbons (Fsp3) is 0.692. The number of anilines is 1. The molecule has 2 saturated carbocycles. The zero-order valence-electron chi connectivity index (χ0n) is 10.5. The van der Waals surface area contributed by atoms with Gasteiger partial charge in [-0.2, -0.15) is 5.10 Å². The first-order valence-corrected chi connectivity index (χ1v) is 7.03. The van der Waals surface area contributed by atoms with Gasteiger partial charge in [0.15, 0.2) is 0 Å². The van der Waals surface area contributed by atoms with Crippen molar-refractivity contribution >= 4 is 17.3 Å². The van der Waals surface area contributed by atoms with Crippen LogP contribution in [0.4, 0.5) is 5.69 Å². The molecule has 0 aromatic carbocycles. The molecule has 2 fully saturated rings. The minimum Gasteiger partial charge on any atom is -0.377 e. The van der Waals surface area contributed by atoms with Crippen LogP contribution in [-0.2, 0) is 6.54 Å². The molecule has 2 aliphatic rings. The lowest BCUT2D eigenvalue weighted by Crippen LogP contribution is -2.37. The highest BCUT2D eigenvalue weighted by Crippen LogP contribution is 2.31. The zero-order chi connectivity index (χ0) is 12.7. The van der Waals surface area contributed by atoms with E-state index in [1.54, 1.807) is 10.9 Å². The lowest BCUT2D eigenvalue weighted by Gasteiger charge is -2.34. The van der Waals surface area contributed by atoms with Gasteiger partial charge >= 0.3 is 0 Å². The second-order valence-corrected chi connectivity index (χ2v) is 6.12. The maximum absolute atomic E-state index is 12.3. The van der Waals surface area contributed by atoms with Crippen molar-refractivity contribution in [1.29, 1.82) is 0 Å². The van der Waals surface area contributed by atoms with Gasteiger partial charge in [0.05, 0.1) is 11.2 Å². The van der Waals surface area contributed by atoms with Crippen LogP contribution in [0.1, 0.15) is 32.6 Å². The Morgan fingerprint density at radius 2 is 2.22 bits per heavy atom. The average Bonchev–Trinajstić information content (AvgIpc) is 3.09. The van der Waals surface area contributed by atoms with E-state index in [-0.39, 0.29) is 5.56 Å². The van der Waals surface area contributed by atoms with Gasteiger partial charge in [-0.15, -0.1) is 0 Å². The molecule has 1 aromatic heterocycles. The van der Waals surface area contributed by atoms with Crippen LogP contribution < -0.4 is 10.9 Å². The van der Waals surface area contributed by atoms with Crippen LogP contribution in [0.5, 0.6) is 0 Å². The molecule has 0 bridgehead atoms. The highest BCUT2D eigenvalue weighted by atomic mass is 35.5. The first-order valence-electron chi connectivity index (χ1n) is 6.65. The largest absolute Gasteiger partial charge is 0.377 e. The number of hydrogen-bond acceptors (Lipinski definition) is 3. The van der Waals surface area contributed by atoms with Gasteiger partial charge < -0.3 is 5.32 Å². The van der Waals surface area contributed by atoms with Crippen molar-refractivity contribution in [3.8, 4) is 0 Å². The molecule has 0 saturated heterocycles. The lowest BCUT2D eigenvalue weighted by atomic mass is 9.82. The van der Waals surface area contributed by atoms with Gasteiger partial charge in [-0.1, -0.05) is 18.5 Å². The van der Waals surface area contributed by atoms with Crippen molar-refractivity contribution in [1.82, 2.24) is 9.78 Å². The summed E-state index contributed by atoms with van der Waals surface area (Å²) in [5.74, 6) is 1.38. The fourth-order valence-corrected chi connectivity index (χ4v) is 2.68. The highest BCUT2D eigenvalue weighted by Gasteiger charge is 2.28. The third-order valence-corrected chi connectivity index (χ3v) is 4.13. The van der Waals surface area contributed by atoms with Crippen molar-refractivity contribution in [2.24, 2.45) is 11.8 Å². The minimum absolute atomic E-state index is 0.0750. The van der Waals surface area contributed by atoms with Crippen LogP contribution >= 0.6 is 11.6 Å². The molecular formula is C13H18ClN3O. The summed E-state index contributed by atoms with van der Waals surface area (Å²) >= 11 is 6.08. The minimum atomic E-state index is -0.0750. The molecule has 2 aliphatic carbocycles. The third-order valence-electron chi connectivity index (χ3n) is 3.85. The molecule has 0 radical (unpaired) electrons. The molecule has 98 valence electrons. The van der Waals surface area contributed by atoms with Crippen LogP contribution in [0, 0.1) is 11.8 Å². The van der Waals surface area contributed by atoms with E-state index in [0.29, 0.717) is 22.7 Å². The van der Waals surface area contributed by atoms with Crippen molar-refractivity contribution in [3.05, 3.63) is 21.6 Å². The van der Waals surface area contributed by atoms with Gasteiger partial charge in [-0.05, 0) is 37.5 Å². The molecule has 0 aliphatic heterocycles. The number of halogens is 1. The lowest BCUT2D eigenvalue weighted by molar-refractivity contribution is 0.308. The molecule has 3 rings (SSSR count). The summed E-state index contributed by atoms with van der Waals surface area (Å²) in [6.07, 6.45) is 6.22. The van der Waals surface area contributed by atoms with Gasteiger partial charge in [0.2, 0.25) is 0 Å². The number of nitrogens with one attached hydrogen (secondary N) is 1. The average molecular weight is 268 g/mol. The standard InChI is InChI=1S/C13H18ClN3O/c1-8-4-10(5-8)16-12-11(14)6-15-17(13(12)18)7-9-2-3-9/h6,8-10,16H,2-5,7H2,1H3. The van der Waals surface area contributed by atoms with Crippen LogP contribution in [0.3, 0.4) is 0 Å². The maximum atomic E-state index is 12.3. The Hall–Kier alpha value is -1.03. The predicted molar refractivity (Wildman–Crippen MR) is 72.0 cm³/mol. The van der Waals surface area contributed by atoms with E-state index < -0.39 is 0 Å².